The van der Waals surface area contributed by atoms with Gasteiger partial charge in [0.2, 0.25) is 0 Å². The SMILES string of the molecule is CCOc1ccc(C(O)c2cc(Br)ccc2C)cc1Br. The molecule has 2 aromatic rings. The molecule has 0 amide bonds. The van der Waals surface area contributed by atoms with E-state index in [4.69, 9.17) is 4.74 Å². The van der Waals surface area contributed by atoms with E-state index in [1.54, 1.807) is 0 Å². The number of aliphatic hydroxyl groups is 1. The molecule has 0 aromatic heterocycles. The largest absolute Gasteiger partial charge is 0.493 e. The van der Waals surface area contributed by atoms with Crippen LogP contribution in [0.25, 0.3) is 0 Å². The number of benzene rings is 2. The maximum atomic E-state index is 10.6. The fraction of sp³-hybridized carbons (Fsp3) is 0.250. The third kappa shape index (κ3) is 3.43. The van der Waals surface area contributed by atoms with Gasteiger partial charge in [-0.15, -0.1) is 0 Å². The predicted molar refractivity (Wildman–Crippen MR) is 88.3 cm³/mol. The first-order valence-electron chi connectivity index (χ1n) is 6.39. The van der Waals surface area contributed by atoms with E-state index in [9.17, 15) is 5.11 Å². The van der Waals surface area contributed by atoms with E-state index in [-0.39, 0.29) is 0 Å². The zero-order valence-corrected chi connectivity index (χ0v) is 14.5. The van der Waals surface area contributed by atoms with Crippen LogP contribution >= 0.6 is 31.9 Å². The van der Waals surface area contributed by atoms with Crippen molar-refractivity contribution in [2.24, 2.45) is 0 Å². The Hall–Kier alpha value is -0.840. The summed E-state index contributed by atoms with van der Waals surface area (Å²) in [5, 5.41) is 10.6. The minimum atomic E-state index is -0.653. The molecular formula is C16H16Br2O2. The standard InChI is InChI=1S/C16H16Br2O2/c1-3-20-15-7-5-11(8-14(15)18)16(19)13-9-12(17)6-4-10(13)2/h4-9,16,19H,3H2,1-2H3. The number of hydrogen-bond donors (Lipinski definition) is 1. The molecule has 1 atom stereocenters. The fourth-order valence-electron chi connectivity index (χ4n) is 2.05. The van der Waals surface area contributed by atoms with Crippen LogP contribution in [-0.4, -0.2) is 11.7 Å². The Labute approximate surface area is 136 Å². The van der Waals surface area contributed by atoms with Crippen molar-refractivity contribution < 1.29 is 9.84 Å². The summed E-state index contributed by atoms with van der Waals surface area (Å²) in [4.78, 5) is 0. The molecule has 0 aliphatic carbocycles. The summed E-state index contributed by atoms with van der Waals surface area (Å²) < 4.78 is 7.29. The topological polar surface area (TPSA) is 29.5 Å². The van der Waals surface area contributed by atoms with E-state index in [0.717, 1.165) is 31.4 Å². The van der Waals surface area contributed by atoms with Crippen LogP contribution in [0.1, 0.15) is 29.7 Å². The molecule has 0 radical (unpaired) electrons. The lowest BCUT2D eigenvalue weighted by Gasteiger charge is -2.16. The van der Waals surface area contributed by atoms with E-state index in [2.05, 4.69) is 31.9 Å². The van der Waals surface area contributed by atoms with Gasteiger partial charge in [0.1, 0.15) is 11.9 Å². The zero-order chi connectivity index (χ0) is 14.7. The molecule has 1 unspecified atom stereocenters. The van der Waals surface area contributed by atoms with Crippen LogP contribution in [0.4, 0.5) is 0 Å². The van der Waals surface area contributed by atoms with E-state index in [1.807, 2.05) is 50.2 Å². The molecule has 4 heteroatoms. The van der Waals surface area contributed by atoms with Gasteiger partial charge in [0.15, 0.2) is 0 Å². The maximum Gasteiger partial charge on any atom is 0.133 e. The smallest absolute Gasteiger partial charge is 0.133 e. The van der Waals surface area contributed by atoms with Crippen molar-refractivity contribution in [1.29, 1.82) is 0 Å². The Balaban J connectivity index is 2.35. The molecule has 1 N–H and O–H groups in total. The van der Waals surface area contributed by atoms with Crippen molar-refractivity contribution in [3.05, 3.63) is 62.0 Å². The highest BCUT2D eigenvalue weighted by Crippen LogP contribution is 2.32. The predicted octanol–water partition coefficient (Wildman–Crippen LogP) is 5.00. The third-order valence-corrected chi connectivity index (χ3v) is 4.22. The Morgan fingerprint density at radius 3 is 2.55 bits per heavy atom. The molecule has 0 aliphatic rings. The number of aliphatic hydroxyl groups excluding tert-OH is 1. The van der Waals surface area contributed by atoms with Gasteiger partial charge in [0, 0.05) is 4.47 Å². The van der Waals surface area contributed by atoms with Gasteiger partial charge >= 0.3 is 0 Å². The molecule has 2 nitrogen and oxygen atoms in total. The Morgan fingerprint density at radius 2 is 1.90 bits per heavy atom. The summed E-state index contributed by atoms with van der Waals surface area (Å²) in [6.07, 6.45) is -0.653. The Kier molecular flexibility index (Phi) is 5.24. The first-order chi connectivity index (χ1) is 9.52. The molecule has 0 aliphatic heterocycles. The first kappa shape index (κ1) is 15.5. The van der Waals surface area contributed by atoms with Gasteiger partial charge in [-0.3, -0.25) is 0 Å². The second kappa shape index (κ2) is 6.74. The number of halogens is 2. The van der Waals surface area contributed by atoms with Gasteiger partial charge in [-0.25, -0.2) is 0 Å². The lowest BCUT2D eigenvalue weighted by molar-refractivity contribution is 0.219. The van der Waals surface area contributed by atoms with Crippen molar-refractivity contribution >= 4 is 31.9 Å². The van der Waals surface area contributed by atoms with Crippen molar-refractivity contribution in [3.63, 3.8) is 0 Å². The number of rotatable bonds is 4. The number of ether oxygens (including phenoxy) is 1. The van der Waals surface area contributed by atoms with Gasteiger partial charge in [-0.1, -0.05) is 28.1 Å². The van der Waals surface area contributed by atoms with Gasteiger partial charge in [0.25, 0.3) is 0 Å². The minimum Gasteiger partial charge on any atom is -0.493 e. The van der Waals surface area contributed by atoms with Gasteiger partial charge in [-0.2, -0.15) is 0 Å². The maximum absolute atomic E-state index is 10.6. The molecule has 2 rings (SSSR count). The molecule has 20 heavy (non-hydrogen) atoms. The van der Waals surface area contributed by atoms with Crippen LogP contribution in [0.2, 0.25) is 0 Å². The second-order valence-electron chi connectivity index (χ2n) is 4.53. The van der Waals surface area contributed by atoms with Crippen LogP contribution in [-0.2, 0) is 0 Å². The summed E-state index contributed by atoms with van der Waals surface area (Å²) in [5.74, 6) is 0.786. The summed E-state index contributed by atoms with van der Waals surface area (Å²) >= 11 is 6.92. The molecule has 0 bridgehead atoms. The number of aryl methyl sites for hydroxylation is 1. The molecule has 0 saturated carbocycles. The highest BCUT2D eigenvalue weighted by Gasteiger charge is 2.15. The molecule has 0 fully saturated rings. The number of hydrogen-bond acceptors (Lipinski definition) is 2. The average Bonchev–Trinajstić information content (AvgIpc) is 2.43. The van der Waals surface area contributed by atoms with E-state index >= 15 is 0 Å². The fourth-order valence-corrected chi connectivity index (χ4v) is 2.93. The summed E-state index contributed by atoms with van der Waals surface area (Å²) in [5.41, 5.74) is 2.79. The molecule has 0 saturated heterocycles. The van der Waals surface area contributed by atoms with Crippen LogP contribution in [0.15, 0.2) is 45.3 Å². The van der Waals surface area contributed by atoms with Gasteiger partial charge in [-0.05, 0) is 70.7 Å². The highest BCUT2D eigenvalue weighted by atomic mass is 79.9. The van der Waals surface area contributed by atoms with Gasteiger partial charge in [0.05, 0.1) is 11.1 Å². The molecule has 2 aromatic carbocycles. The van der Waals surface area contributed by atoms with E-state index < -0.39 is 6.10 Å². The monoisotopic (exact) mass is 398 g/mol. The van der Waals surface area contributed by atoms with E-state index in [1.165, 1.54) is 0 Å². The molecular weight excluding hydrogens is 384 g/mol. The van der Waals surface area contributed by atoms with Crippen molar-refractivity contribution in [1.82, 2.24) is 0 Å². The lowest BCUT2D eigenvalue weighted by atomic mass is 9.97. The highest BCUT2D eigenvalue weighted by molar-refractivity contribution is 9.10. The van der Waals surface area contributed by atoms with Crippen LogP contribution in [0.3, 0.4) is 0 Å². The minimum absolute atomic E-state index is 0.616. The Bertz CT molecular complexity index is 611. The average molecular weight is 400 g/mol. The Morgan fingerprint density at radius 1 is 1.15 bits per heavy atom. The van der Waals surface area contributed by atoms with Crippen LogP contribution < -0.4 is 4.74 Å². The molecule has 0 heterocycles. The first-order valence-corrected chi connectivity index (χ1v) is 7.98. The molecule has 0 spiro atoms. The lowest BCUT2D eigenvalue weighted by Crippen LogP contribution is -2.03. The normalized spacial score (nSPS) is 12.2. The van der Waals surface area contributed by atoms with Crippen molar-refractivity contribution in [2.75, 3.05) is 6.61 Å². The van der Waals surface area contributed by atoms with Crippen LogP contribution in [0.5, 0.6) is 5.75 Å². The third-order valence-electron chi connectivity index (χ3n) is 3.11. The summed E-state index contributed by atoms with van der Waals surface area (Å²) in [7, 11) is 0. The van der Waals surface area contributed by atoms with Crippen LogP contribution in [0, 0.1) is 6.92 Å². The van der Waals surface area contributed by atoms with Gasteiger partial charge < -0.3 is 9.84 Å². The van der Waals surface area contributed by atoms with Crippen molar-refractivity contribution in [3.8, 4) is 5.75 Å². The molecule has 106 valence electrons. The second-order valence-corrected chi connectivity index (χ2v) is 6.30. The zero-order valence-electron chi connectivity index (χ0n) is 11.4. The quantitative estimate of drug-likeness (QED) is 0.783. The summed E-state index contributed by atoms with van der Waals surface area (Å²) in [6.45, 7) is 4.56. The van der Waals surface area contributed by atoms with E-state index in [0.29, 0.717) is 6.61 Å². The summed E-state index contributed by atoms with van der Waals surface area (Å²) in [6, 6.07) is 11.6. The van der Waals surface area contributed by atoms with Crippen molar-refractivity contribution in [2.45, 2.75) is 20.0 Å².